The first-order valence-electron chi connectivity index (χ1n) is 6.33. The van der Waals surface area contributed by atoms with Crippen molar-refractivity contribution in [3.05, 3.63) is 34.4 Å². The van der Waals surface area contributed by atoms with Gasteiger partial charge in [0.2, 0.25) is 11.8 Å². The first-order valence-corrected chi connectivity index (χ1v) is 6.33. The van der Waals surface area contributed by atoms with Gasteiger partial charge in [-0.25, -0.2) is 5.43 Å². The minimum atomic E-state index is -0.514. The van der Waals surface area contributed by atoms with Crippen LogP contribution in [0.3, 0.4) is 0 Å². The topological polar surface area (TPSA) is 114 Å². The summed E-state index contributed by atoms with van der Waals surface area (Å²) in [5, 5.41) is 16.9. The molecule has 110 valence electrons. The lowest BCUT2D eigenvalue weighted by atomic mass is 9.96. The van der Waals surface area contributed by atoms with Crippen LogP contribution in [-0.2, 0) is 9.59 Å². The van der Waals surface area contributed by atoms with Gasteiger partial charge in [-0.3, -0.25) is 19.7 Å². The molecule has 0 radical (unpaired) electrons. The van der Waals surface area contributed by atoms with Crippen molar-refractivity contribution in [2.75, 3.05) is 5.32 Å². The van der Waals surface area contributed by atoms with Crippen LogP contribution in [0.2, 0.25) is 0 Å². The molecule has 0 fully saturated rings. The Hall–Kier alpha value is -2.77. The Labute approximate surface area is 120 Å². The van der Waals surface area contributed by atoms with Crippen LogP contribution in [0.15, 0.2) is 29.4 Å². The number of carbonyl (C=O) groups excluding carboxylic acids is 2. The highest BCUT2D eigenvalue weighted by atomic mass is 16.6. The minimum Gasteiger partial charge on any atom is -0.326 e. The zero-order chi connectivity index (χ0) is 15.4. The van der Waals surface area contributed by atoms with Crippen molar-refractivity contribution in [1.29, 1.82) is 0 Å². The van der Waals surface area contributed by atoms with E-state index in [2.05, 4.69) is 15.8 Å². The summed E-state index contributed by atoms with van der Waals surface area (Å²) >= 11 is 0. The van der Waals surface area contributed by atoms with Crippen molar-refractivity contribution < 1.29 is 14.5 Å². The average molecular weight is 290 g/mol. The number of non-ortho nitro benzene ring substituents is 1. The molecule has 0 aliphatic carbocycles. The number of hydrogen-bond donors (Lipinski definition) is 2. The highest BCUT2D eigenvalue weighted by Crippen LogP contribution is 2.18. The number of nitrogens with zero attached hydrogens (tertiary/aromatic N) is 2. The molecule has 0 spiro atoms. The lowest BCUT2D eigenvalue weighted by molar-refractivity contribution is -0.384. The molecule has 0 bridgehead atoms. The summed E-state index contributed by atoms with van der Waals surface area (Å²) in [4.78, 5) is 33.5. The summed E-state index contributed by atoms with van der Waals surface area (Å²) in [5.74, 6) is -1.04. The largest absolute Gasteiger partial charge is 0.326 e. The molecule has 8 nitrogen and oxygen atoms in total. The summed E-state index contributed by atoms with van der Waals surface area (Å²) < 4.78 is 0. The summed E-state index contributed by atoms with van der Waals surface area (Å²) in [5.41, 5.74) is 3.53. The van der Waals surface area contributed by atoms with Crippen LogP contribution >= 0.6 is 0 Å². The number of carbonyl (C=O) groups is 2. The van der Waals surface area contributed by atoms with E-state index >= 15 is 0 Å². The van der Waals surface area contributed by atoms with Crippen molar-refractivity contribution >= 4 is 28.9 Å². The summed E-state index contributed by atoms with van der Waals surface area (Å²) in [6, 6.07) is 5.51. The first kappa shape index (κ1) is 14.6. The van der Waals surface area contributed by atoms with Crippen LogP contribution in [-0.4, -0.2) is 22.4 Å². The summed E-state index contributed by atoms with van der Waals surface area (Å²) in [7, 11) is 0. The lowest BCUT2D eigenvalue weighted by Crippen LogP contribution is -2.35. The standard InChI is InChI=1S/C13H14N4O4/c1-8-6-9(13(19)16-15-8)7-12(18)14-10-2-4-11(5-3-10)17(20)21/h2-5,9H,6-7H2,1H3,(H,14,18)(H,16,19)/t9-/m1/s1. The highest BCUT2D eigenvalue weighted by Gasteiger charge is 2.25. The van der Waals surface area contributed by atoms with Gasteiger partial charge >= 0.3 is 0 Å². The fourth-order valence-corrected chi connectivity index (χ4v) is 2.00. The molecule has 0 unspecified atom stereocenters. The second-order valence-electron chi connectivity index (χ2n) is 4.78. The molecule has 1 aromatic carbocycles. The SMILES string of the molecule is CC1=NNC(=O)[C@@H](CC(=O)Nc2ccc([N+](=O)[O-])cc2)C1. The van der Waals surface area contributed by atoms with Crippen LogP contribution < -0.4 is 10.7 Å². The van der Waals surface area contributed by atoms with Crippen molar-refractivity contribution in [3.8, 4) is 0 Å². The molecule has 0 saturated carbocycles. The van der Waals surface area contributed by atoms with Gasteiger partial charge in [0.05, 0.1) is 10.8 Å². The molecular formula is C13H14N4O4. The average Bonchev–Trinajstić information content (AvgIpc) is 2.43. The van der Waals surface area contributed by atoms with Gasteiger partial charge in [-0.15, -0.1) is 0 Å². The smallest absolute Gasteiger partial charge is 0.269 e. The predicted octanol–water partition coefficient (Wildman–Crippen LogP) is 1.44. The molecule has 1 aliphatic heterocycles. The van der Waals surface area contributed by atoms with Gasteiger partial charge in [-0.2, -0.15) is 5.10 Å². The number of hydrazone groups is 1. The quantitative estimate of drug-likeness (QED) is 0.645. The van der Waals surface area contributed by atoms with Gasteiger partial charge in [0.15, 0.2) is 0 Å². The maximum atomic E-state index is 11.9. The van der Waals surface area contributed by atoms with Gasteiger partial charge in [-0.05, 0) is 25.5 Å². The van der Waals surface area contributed by atoms with Crippen LogP contribution in [0.1, 0.15) is 19.8 Å². The number of hydrogen-bond acceptors (Lipinski definition) is 5. The highest BCUT2D eigenvalue weighted by molar-refractivity contribution is 5.98. The van der Waals surface area contributed by atoms with E-state index in [4.69, 9.17) is 0 Å². The molecule has 1 atom stereocenters. The number of nitro benzene ring substituents is 1. The Bertz CT molecular complexity index is 609. The maximum Gasteiger partial charge on any atom is 0.269 e. The molecule has 2 N–H and O–H groups in total. The maximum absolute atomic E-state index is 11.9. The fraction of sp³-hybridized carbons (Fsp3) is 0.308. The van der Waals surface area contributed by atoms with Crippen molar-refractivity contribution in [3.63, 3.8) is 0 Å². The van der Waals surface area contributed by atoms with E-state index in [1.165, 1.54) is 24.3 Å². The second kappa shape index (κ2) is 6.12. The molecule has 1 heterocycles. The van der Waals surface area contributed by atoms with Gasteiger partial charge in [0, 0.05) is 30.0 Å². The van der Waals surface area contributed by atoms with E-state index in [1.54, 1.807) is 6.92 Å². The molecular weight excluding hydrogens is 276 g/mol. The number of rotatable bonds is 4. The summed E-state index contributed by atoms with van der Waals surface area (Å²) in [6.45, 7) is 1.78. The zero-order valence-corrected chi connectivity index (χ0v) is 11.3. The second-order valence-corrected chi connectivity index (χ2v) is 4.78. The number of amides is 2. The van der Waals surface area contributed by atoms with Crippen LogP contribution in [0, 0.1) is 16.0 Å². The van der Waals surface area contributed by atoms with Gasteiger partial charge < -0.3 is 5.32 Å². The Balaban J connectivity index is 1.94. The number of anilines is 1. The molecule has 2 amide bonds. The molecule has 21 heavy (non-hydrogen) atoms. The monoisotopic (exact) mass is 290 g/mol. The third kappa shape index (κ3) is 3.85. The van der Waals surface area contributed by atoms with E-state index in [0.29, 0.717) is 12.1 Å². The zero-order valence-electron chi connectivity index (χ0n) is 11.3. The van der Waals surface area contributed by atoms with Crippen molar-refractivity contribution in [2.45, 2.75) is 19.8 Å². The van der Waals surface area contributed by atoms with Crippen LogP contribution in [0.4, 0.5) is 11.4 Å². The van der Waals surface area contributed by atoms with E-state index in [0.717, 1.165) is 5.71 Å². The van der Waals surface area contributed by atoms with Crippen LogP contribution in [0.25, 0.3) is 0 Å². The minimum absolute atomic E-state index is 0.0374. The Morgan fingerprint density at radius 3 is 2.76 bits per heavy atom. The van der Waals surface area contributed by atoms with Gasteiger partial charge in [-0.1, -0.05) is 0 Å². The third-order valence-corrected chi connectivity index (χ3v) is 3.06. The molecule has 1 aromatic rings. The molecule has 2 rings (SSSR count). The molecule has 0 saturated heterocycles. The van der Waals surface area contributed by atoms with Crippen molar-refractivity contribution in [1.82, 2.24) is 5.43 Å². The van der Waals surface area contributed by atoms with Crippen LogP contribution in [0.5, 0.6) is 0 Å². The van der Waals surface area contributed by atoms with E-state index in [9.17, 15) is 19.7 Å². The number of nitrogens with one attached hydrogen (secondary N) is 2. The first-order chi connectivity index (χ1) is 9.95. The summed E-state index contributed by atoms with van der Waals surface area (Å²) in [6.07, 6.45) is 0.481. The fourth-order valence-electron chi connectivity index (χ4n) is 2.00. The normalized spacial score (nSPS) is 17.7. The van der Waals surface area contributed by atoms with E-state index in [1.807, 2.05) is 0 Å². The van der Waals surface area contributed by atoms with E-state index in [-0.39, 0.29) is 23.9 Å². The number of nitro groups is 1. The Morgan fingerprint density at radius 1 is 1.48 bits per heavy atom. The predicted molar refractivity (Wildman–Crippen MR) is 75.7 cm³/mol. The molecule has 0 aromatic heterocycles. The lowest BCUT2D eigenvalue weighted by Gasteiger charge is -2.19. The Kier molecular flexibility index (Phi) is 4.27. The third-order valence-electron chi connectivity index (χ3n) is 3.06. The van der Waals surface area contributed by atoms with E-state index < -0.39 is 10.8 Å². The van der Waals surface area contributed by atoms with Crippen molar-refractivity contribution in [2.24, 2.45) is 11.0 Å². The Morgan fingerprint density at radius 2 is 2.14 bits per heavy atom. The molecule has 1 aliphatic rings. The van der Waals surface area contributed by atoms with Gasteiger partial charge in [0.1, 0.15) is 0 Å². The van der Waals surface area contributed by atoms with Gasteiger partial charge in [0.25, 0.3) is 5.69 Å². The number of benzene rings is 1. The molecule has 8 heteroatoms.